The highest BCUT2D eigenvalue weighted by molar-refractivity contribution is 7.90. The molecule has 0 aliphatic heterocycles. The second kappa shape index (κ2) is 7.39. The quantitative estimate of drug-likeness (QED) is 0.432. The van der Waals surface area contributed by atoms with Crippen LogP contribution < -0.4 is 4.74 Å². The van der Waals surface area contributed by atoms with Crippen molar-refractivity contribution >= 4 is 38.3 Å². The van der Waals surface area contributed by atoms with E-state index >= 15 is 0 Å². The summed E-state index contributed by atoms with van der Waals surface area (Å²) in [5.74, 6) is 0.0958. The monoisotopic (exact) mass is 425 g/mol. The van der Waals surface area contributed by atoms with Crippen LogP contribution in [0.4, 0.5) is 0 Å². The van der Waals surface area contributed by atoms with Gasteiger partial charge in [-0.3, -0.25) is 4.79 Å². The first-order valence-electron chi connectivity index (χ1n) is 8.73. The first-order valence-corrected chi connectivity index (χ1v) is 10.6. The number of hydrogen-bond acceptors (Lipinski definition) is 4. The van der Waals surface area contributed by atoms with Crippen LogP contribution in [0.15, 0.2) is 83.8 Å². The highest BCUT2D eigenvalue weighted by Gasteiger charge is 2.30. The number of methoxy groups -OCH3 is 1. The van der Waals surface area contributed by atoms with Crippen molar-refractivity contribution in [2.75, 3.05) is 7.11 Å². The molecule has 1 aromatic heterocycles. The zero-order chi connectivity index (χ0) is 20.6. The van der Waals surface area contributed by atoms with Crippen molar-refractivity contribution in [1.29, 1.82) is 0 Å². The van der Waals surface area contributed by atoms with Crippen molar-refractivity contribution in [1.82, 2.24) is 3.97 Å². The van der Waals surface area contributed by atoms with Crippen molar-refractivity contribution < 1.29 is 17.9 Å². The molecule has 3 aromatic carbocycles. The summed E-state index contributed by atoms with van der Waals surface area (Å²) in [7, 11) is -2.53. The Bertz CT molecular complexity index is 1310. The molecule has 0 saturated carbocycles. The van der Waals surface area contributed by atoms with Crippen LogP contribution in [0.2, 0.25) is 5.02 Å². The van der Waals surface area contributed by atoms with Crippen molar-refractivity contribution in [3.63, 3.8) is 0 Å². The van der Waals surface area contributed by atoms with E-state index in [1.54, 1.807) is 66.7 Å². The second-order valence-corrected chi connectivity index (χ2v) is 8.48. The second-order valence-electron chi connectivity index (χ2n) is 6.32. The molecule has 0 saturated heterocycles. The largest absolute Gasteiger partial charge is 0.497 e. The Morgan fingerprint density at radius 2 is 1.52 bits per heavy atom. The summed E-state index contributed by atoms with van der Waals surface area (Å²) in [4.78, 5) is 13.4. The average Bonchev–Trinajstić information content (AvgIpc) is 3.07. The lowest BCUT2D eigenvalue weighted by molar-refractivity contribution is 0.103. The molecule has 7 heteroatoms. The zero-order valence-electron chi connectivity index (χ0n) is 15.4. The lowest BCUT2D eigenvalue weighted by Gasteiger charge is -2.12. The Hall–Kier alpha value is -3.09. The number of carbonyl (C=O) groups is 1. The molecule has 0 radical (unpaired) electrons. The van der Waals surface area contributed by atoms with Gasteiger partial charge < -0.3 is 4.74 Å². The van der Waals surface area contributed by atoms with E-state index in [9.17, 15) is 13.2 Å². The van der Waals surface area contributed by atoms with Gasteiger partial charge in [0.2, 0.25) is 5.78 Å². The maximum absolute atomic E-state index is 13.5. The topological polar surface area (TPSA) is 65.4 Å². The Balaban J connectivity index is 2.00. The number of benzene rings is 3. The van der Waals surface area contributed by atoms with E-state index in [4.69, 9.17) is 16.3 Å². The summed E-state index contributed by atoms with van der Waals surface area (Å²) < 4.78 is 33.1. The molecule has 0 amide bonds. The van der Waals surface area contributed by atoms with Crippen LogP contribution in [0.25, 0.3) is 10.9 Å². The number of carbonyl (C=O) groups excluding carboxylic acids is 1. The number of aromatic nitrogens is 1. The first kappa shape index (κ1) is 19.2. The molecule has 4 aromatic rings. The van der Waals surface area contributed by atoms with Crippen LogP contribution in [0, 0.1) is 0 Å². The number of fused-ring (bicyclic) bond motifs is 1. The van der Waals surface area contributed by atoms with Gasteiger partial charge in [-0.2, -0.15) is 0 Å². The first-order chi connectivity index (χ1) is 13.9. The van der Waals surface area contributed by atoms with Crippen LogP contribution in [0.1, 0.15) is 16.1 Å². The Labute approximate surface area is 173 Å². The van der Waals surface area contributed by atoms with Gasteiger partial charge >= 0.3 is 0 Å². The summed E-state index contributed by atoms with van der Waals surface area (Å²) in [6.07, 6.45) is 0. The van der Waals surface area contributed by atoms with E-state index in [1.165, 1.54) is 19.2 Å². The number of ketones is 1. The molecular weight excluding hydrogens is 410 g/mol. The maximum Gasteiger partial charge on any atom is 0.268 e. The van der Waals surface area contributed by atoms with Gasteiger partial charge in [-0.25, -0.2) is 12.4 Å². The lowest BCUT2D eigenvalue weighted by Crippen LogP contribution is -2.19. The minimum absolute atomic E-state index is 0.0706. The number of para-hydroxylation sites is 1. The molecular formula is C22H16ClNO4S. The van der Waals surface area contributed by atoms with E-state index in [2.05, 4.69) is 0 Å². The Kier molecular flexibility index (Phi) is 4.90. The Morgan fingerprint density at radius 1 is 0.897 bits per heavy atom. The third-order valence-electron chi connectivity index (χ3n) is 4.62. The molecule has 0 bridgehead atoms. The fourth-order valence-electron chi connectivity index (χ4n) is 3.19. The van der Waals surface area contributed by atoms with Crippen molar-refractivity contribution in [2.24, 2.45) is 0 Å². The standard InChI is InChI=1S/C22H16ClNO4S/c1-28-16-13-11-15(12-14-16)22(25)21-20(23)18-9-5-6-10-19(18)24(21)29(26,27)17-7-3-2-4-8-17/h2-14H,1H3. The van der Waals surface area contributed by atoms with Crippen LogP contribution in [0.3, 0.4) is 0 Å². The third-order valence-corrected chi connectivity index (χ3v) is 6.73. The Morgan fingerprint density at radius 3 is 2.17 bits per heavy atom. The fourth-order valence-corrected chi connectivity index (χ4v) is 5.12. The average molecular weight is 426 g/mol. The molecule has 0 spiro atoms. The number of nitrogens with zero attached hydrogens (tertiary/aromatic N) is 1. The number of ether oxygens (including phenoxy) is 1. The molecule has 4 rings (SSSR count). The molecule has 5 nitrogen and oxygen atoms in total. The maximum atomic E-state index is 13.5. The summed E-state index contributed by atoms with van der Waals surface area (Å²) in [6, 6.07) is 21.2. The van der Waals surface area contributed by atoms with Gasteiger partial charge in [0, 0.05) is 10.9 Å². The lowest BCUT2D eigenvalue weighted by atomic mass is 10.1. The van der Waals surface area contributed by atoms with Crippen molar-refractivity contribution in [2.45, 2.75) is 4.90 Å². The molecule has 0 aliphatic rings. The highest BCUT2D eigenvalue weighted by Crippen LogP contribution is 2.35. The molecule has 0 atom stereocenters. The van der Waals surface area contributed by atoms with Gasteiger partial charge in [-0.1, -0.05) is 48.0 Å². The van der Waals surface area contributed by atoms with E-state index in [0.29, 0.717) is 22.2 Å². The number of rotatable bonds is 5. The summed E-state index contributed by atoms with van der Waals surface area (Å²) >= 11 is 6.53. The number of halogens is 1. The van der Waals surface area contributed by atoms with Gasteiger partial charge in [0.15, 0.2) is 0 Å². The van der Waals surface area contributed by atoms with E-state index in [1.807, 2.05) is 0 Å². The molecule has 0 fully saturated rings. The summed E-state index contributed by atoms with van der Waals surface area (Å²) in [5.41, 5.74) is 0.556. The minimum atomic E-state index is -4.05. The van der Waals surface area contributed by atoms with Gasteiger partial charge in [0.1, 0.15) is 11.4 Å². The van der Waals surface area contributed by atoms with Crippen LogP contribution in [0.5, 0.6) is 5.75 Å². The molecule has 0 unspecified atom stereocenters. The molecule has 146 valence electrons. The third kappa shape index (κ3) is 3.20. The van der Waals surface area contributed by atoms with Gasteiger partial charge in [0.05, 0.1) is 22.5 Å². The van der Waals surface area contributed by atoms with E-state index < -0.39 is 15.8 Å². The highest BCUT2D eigenvalue weighted by atomic mass is 35.5. The normalized spacial score (nSPS) is 11.5. The van der Waals surface area contributed by atoms with E-state index in [0.717, 1.165) is 3.97 Å². The van der Waals surface area contributed by atoms with E-state index in [-0.39, 0.29) is 15.6 Å². The van der Waals surface area contributed by atoms with Crippen molar-refractivity contribution in [3.05, 3.63) is 95.1 Å². The van der Waals surface area contributed by atoms with Crippen LogP contribution >= 0.6 is 11.6 Å². The predicted octanol–water partition coefficient (Wildman–Crippen LogP) is 4.77. The van der Waals surface area contributed by atoms with Crippen molar-refractivity contribution in [3.8, 4) is 5.75 Å². The fraction of sp³-hybridized carbons (Fsp3) is 0.0455. The number of hydrogen-bond donors (Lipinski definition) is 0. The zero-order valence-corrected chi connectivity index (χ0v) is 16.9. The summed E-state index contributed by atoms with van der Waals surface area (Å²) in [6.45, 7) is 0. The summed E-state index contributed by atoms with van der Waals surface area (Å²) in [5, 5.41) is 0.589. The SMILES string of the molecule is COc1ccc(C(=O)c2c(Cl)c3ccccc3n2S(=O)(=O)c2ccccc2)cc1. The minimum Gasteiger partial charge on any atom is -0.497 e. The predicted molar refractivity (Wildman–Crippen MR) is 112 cm³/mol. The van der Waals surface area contributed by atoms with Crippen LogP contribution in [-0.4, -0.2) is 25.3 Å². The molecule has 29 heavy (non-hydrogen) atoms. The molecule has 1 heterocycles. The van der Waals surface area contributed by atoms with Gasteiger partial charge in [-0.15, -0.1) is 0 Å². The van der Waals surface area contributed by atoms with Gasteiger partial charge in [0.25, 0.3) is 10.0 Å². The smallest absolute Gasteiger partial charge is 0.268 e. The molecule has 0 N–H and O–H groups in total. The molecule has 0 aliphatic carbocycles. The van der Waals surface area contributed by atoms with Crippen LogP contribution in [-0.2, 0) is 10.0 Å². The van der Waals surface area contributed by atoms with Gasteiger partial charge in [-0.05, 0) is 42.5 Å².